The summed E-state index contributed by atoms with van der Waals surface area (Å²) in [6, 6.07) is 15.2. The van der Waals surface area contributed by atoms with E-state index in [1.807, 2.05) is 54.7 Å². The zero-order valence-electron chi connectivity index (χ0n) is 16.1. The number of fused-ring (bicyclic) bond motifs is 1. The lowest BCUT2D eigenvalue weighted by Crippen LogP contribution is -2.35. The fourth-order valence-corrected chi connectivity index (χ4v) is 4.35. The van der Waals surface area contributed by atoms with Crippen molar-refractivity contribution in [2.75, 3.05) is 18.1 Å². The van der Waals surface area contributed by atoms with E-state index in [-0.39, 0.29) is 12.3 Å². The van der Waals surface area contributed by atoms with Crippen LogP contribution in [0, 0.1) is 0 Å². The summed E-state index contributed by atoms with van der Waals surface area (Å²) >= 11 is 0. The lowest BCUT2D eigenvalue weighted by molar-refractivity contribution is -0.115. The number of carbonyl (C=O) groups is 1. The summed E-state index contributed by atoms with van der Waals surface area (Å²) in [5.74, 6) is -0.101. The summed E-state index contributed by atoms with van der Waals surface area (Å²) in [4.78, 5) is 12.6. The number of anilines is 1. The van der Waals surface area contributed by atoms with E-state index < -0.39 is 10.0 Å². The first-order valence-electron chi connectivity index (χ1n) is 9.35. The molecular weight excluding hydrogens is 388 g/mol. The molecule has 0 atom stereocenters. The molecule has 1 aliphatic rings. The first-order valence-corrected chi connectivity index (χ1v) is 11.2. The molecule has 0 saturated heterocycles. The molecule has 0 fully saturated rings. The van der Waals surface area contributed by atoms with Crippen molar-refractivity contribution >= 4 is 21.6 Å². The normalized spacial score (nSPS) is 14.4. The number of nitrogens with zero attached hydrogens (tertiary/aromatic N) is 3. The zero-order valence-corrected chi connectivity index (χ0v) is 16.9. The van der Waals surface area contributed by atoms with E-state index in [0.29, 0.717) is 19.5 Å². The minimum Gasteiger partial charge on any atom is -0.326 e. The fourth-order valence-electron chi connectivity index (χ4n) is 3.55. The van der Waals surface area contributed by atoms with E-state index in [4.69, 9.17) is 0 Å². The number of nitrogens with one attached hydrogen (secondary N) is 1. The van der Waals surface area contributed by atoms with Gasteiger partial charge in [0.25, 0.3) is 0 Å². The molecule has 4 rings (SSSR count). The van der Waals surface area contributed by atoms with Gasteiger partial charge in [0.05, 0.1) is 18.4 Å². The molecule has 8 heteroatoms. The summed E-state index contributed by atoms with van der Waals surface area (Å²) in [6.07, 6.45) is 5.65. The first-order chi connectivity index (χ1) is 13.9. The van der Waals surface area contributed by atoms with Crippen LogP contribution in [0.5, 0.6) is 0 Å². The zero-order chi connectivity index (χ0) is 20.4. The van der Waals surface area contributed by atoms with E-state index in [2.05, 4.69) is 10.4 Å². The van der Waals surface area contributed by atoms with Crippen LogP contribution in [0.15, 0.2) is 60.9 Å². The monoisotopic (exact) mass is 410 g/mol. The molecule has 1 aromatic heterocycles. The van der Waals surface area contributed by atoms with Crippen molar-refractivity contribution in [3.63, 3.8) is 0 Å². The minimum absolute atomic E-state index is 0.101. The maximum atomic E-state index is 12.6. The summed E-state index contributed by atoms with van der Waals surface area (Å²) in [6.45, 7) is 0.764. The van der Waals surface area contributed by atoms with Crippen LogP contribution in [0.25, 0.3) is 5.69 Å². The van der Waals surface area contributed by atoms with Crippen molar-refractivity contribution in [1.82, 2.24) is 14.1 Å². The van der Waals surface area contributed by atoms with Crippen LogP contribution in [-0.2, 0) is 34.2 Å². The average Bonchev–Trinajstić information content (AvgIpc) is 3.22. The molecular formula is C21H22N4O3S. The Labute approximate surface area is 170 Å². The van der Waals surface area contributed by atoms with E-state index in [1.54, 1.807) is 10.9 Å². The summed E-state index contributed by atoms with van der Waals surface area (Å²) in [7, 11) is -3.23. The van der Waals surface area contributed by atoms with Gasteiger partial charge in [-0.2, -0.15) is 9.40 Å². The highest BCUT2D eigenvalue weighted by molar-refractivity contribution is 7.88. The number of aromatic nitrogens is 2. The second-order valence-corrected chi connectivity index (χ2v) is 9.11. The predicted molar refractivity (Wildman–Crippen MR) is 111 cm³/mol. The molecule has 29 heavy (non-hydrogen) atoms. The van der Waals surface area contributed by atoms with Crippen LogP contribution < -0.4 is 5.32 Å². The Morgan fingerprint density at radius 3 is 2.62 bits per heavy atom. The third kappa shape index (κ3) is 4.38. The summed E-state index contributed by atoms with van der Waals surface area (Å²) in [5.41, 5.74) is 4.55. The molecule has 0 unspecified atom stereocenters. The molecule has 0 spiro atoms. The SMILES string of the molecule is CS(=O)(=O)N1CCc2c(cccc2NC(=O)Cc2ccc(-n3cccn3)cc2)C1. The highest BCUT2D eigenvalue weighted by atomic mass is 32.2. The second kappa shape index (κ2) is 7.81. The van der Waals surface area contributed by atoms with E-state index in [0.717, 1.165) is 28.1 Å². The van der Waals surface area contributed by atoms with Crippen LogP contribution in [0.1, 0.15) is 16.7 Å². The first kappa shape index (κ1) is 19.4. The van der Waals surface area contributed by atoms with Gasteiger partial charge in [0, 0.05) is 31.2 Å². The molecule has 0 aliphatic carbocycles. The van der Waals surface area contributed by atoms with Gasteiger partial charge in [-0.25, -0.2) is 13.1 Å². The lowest BCUT2D eigenvalue weighted by atomic mass is 9.99. The van der Waals surface area contributed by atoms with Gasteiger partial charge in [0.2, 0.25) is 15.9 Å². The molecule has 150 valence electrons. The van der Waals surface area contributed by atoms with Gasteiger partial charge in [0.1, 0.15) is 0 Å². The maximum Gasteiger partial charge on any atom is 0.228 e. The van der Waals surface area contributed by atoms with Crippen molar-refractivity contribution in [2.45, 2.75) is 19.4 Å². The number of rotatable bonds is 5. The van der Waals surface area contributed by atoms with Gasteiger partial charge in [-0.1, -0.05) is 24.3 Å². The third-order valence-corrected chi connectivity index (χ3v) is 6.29. The van der Waals surface area contributed by atoms with Crippen molar-refractivity contribution in [3.05, 3.63) is 77.6 Å². The number of sulfonamides is 1. The van der Waals surface area contributed by atoms with Crippen molar-refractivity contribution in [3.8, 4) is 5.69 Å². The van der Waals surface area contributed by atoms with Crippen LogP contribution in [-0.4, -0.2) is 41.2 Å². The smallest absolute Gasteiger partial charge is 0.228 e. The van der Waals surface area contributed by atoms with Gasteiger partial charge in [-0.05, 0) is 47.4 Å². The number of hydrogen-bond donors (Lipinski definition) is 1. The molecule has 1 amide bonds. The van der Waals surface area contributed by atoms with Crippen LogP contribution in [0.4, 0.5) is 5.69 Å². The Morgan fingerprint density at radius 1 is 1.14 bits per heavy atom. The Morgan fingerprint density at radius 2 is 1.93 bits per heavy atom. The van der Waals surface area contributed by atoms with Crippen LogP contribution in [0.3, 0.4) is 0 Å². The average molecular weight is 410 g/mol. The molecule has 3 aromatic rings. The lowest BCUT2D eigenvalue weighted by Gasteiger charge is -2.28. The van der Waals surface area contributed by atoms with Crippen LogP contribution in [0.2, 0.25) is 0 Å². The van der Waals surface area contributed by atoms with Gasteiger partial charge >= 0.3 is 0 Å². The Kier molecular flexibility index (Phi) is 5.21. The molecule has 2 heterocycles. The Balaban J connectivity index is 1.44. The standard InChI is InChI=1S/C21H22N4O3S/c1-29(27,28)24-13-10-19-17(15-24)4-2-5-20(19)23-21(26)14-16-6-8-18(9-7-16)25-12-3-11-22-25/h2-9,11-12H,10,13-15H2,1H3,(H,23,26). The molecule has 1 N–H and O–H groups in total. The molecule has 0 radical (unpaired) electrons. The number of amides is 1. The number of carbonyl (C=O) groups excluding carboxylic acids is 1. The Hall–Kier alpha value is -2.97. The summed E-state index contributed by atoms with van der Waals surface area (Å²) < 4.78 is 26.8. The quantitative estimate of drug-likeness (QED) is 0.700. The molecule has 7 nitrogen and oxygen atoms in total. The van der Waals surface area contributed by atoms with E-state index >= 15 is 0 Å². The van der Waals surface area contributed by atoms with Gasteiger partial charge in [0.15, 0.2) is 0 Å². The molecule has 1 aliphatic heterocycles. The molecule has 0 saturated carbocycles. The molecule has 0 bridgehead atoms. The highest BCUT2D eigenvalue weighted by Gasteiger charge is 2.24. The minimum atomic E-state index is -3.23. The molecule has 2 aromatic carbocycles. The van der Waals surface area contributed by atoms with Crippen LogP contribution >= 0.6 is 0 Å². The highest BCUT2D eigenvalue weighted by Crippen LogP contribution is 2.27. The number of hydrogen-bond acceptors (Lipinski definition) is 4. The number of benzene rings is 2. The van der Waals surface area contributed by atoms with Gasteiger partial charge in [-0.3, -0.25) is 4.79 Å². The maximum absolute atomic E-state index is 12.6. The van der Waals surface area contributed by atoms with Crippen molar-refractivity contribution in [2.24, 2.45) is 0 Å². The summed E-state index contributed by atoms with van der Waals surface area (Å²) in [5, 5.41) is 7.18. The topological polar surface area (TPSA) is 84.3 Å². The van der Waals surface area contributed by atoms with E-state index in [9.17, 15) is 13.2 Å². The van der Waals surface area contributed by atoms with E-state index in [1.165, 1.54) is 10.6 Å². The largest absolute Gasteiger partial charge is 0.326 e. The Bertz CT molecular complexity index is 1120. The fraction of sp³-hybridized carbons (Fsp3) is 0.238. The van der Waals surface area contributed by atoms with Gasteiger partial charge in [-0.15, -0.1) is 0 Å². The van der Waals surface area contributed by atoms with Gasteiger partial charge < -0.3 is 5.32 Å². The van der Waals surface area contributed by atoms with Crippen molar-refractivity contribution < 1.29 is 13.2 Å². The third-order valence-electron chi connectivity index (χ3n) is 5.04. The second-order valence-electron chi connectivity index (χ2n) is 7.13. The van der Waals surface area contributed by atoms with Crippen molar-refractivity contribution in [1.29, 1.82) is 0 Å². The predicted octanol–water partition coefficient (Wildman–Crippen LogP) is 2.37.